The van der Waals surface area contributed by atoms with Crippen LogP contribution >= 0.6 is 11.6 Å². The van der Waals surface area contributed by atoms with Crippen LogP contribution in [-0.2, 0) is 21.8 Å². The zero-order chi connectivity index (χ0) is 11.5. The Balaban J connectivity index is 2.32. The normalized spacial score (nSPS) is 10.6. The second kappa shape index (κ2) is 4.53. The number of rotatable bonds is 3. The molecule has 0 amide bonds. The van der Waals surface area contributed by atoms with Crippen LogP contribution in [0.5, 0.6) is 0 Å². The number of nitrogens with zero attached hydrogens (tertiary/aromatic N) is 1. The van der Waals surface area contributed by atoms with E-state index in [1.807, 2.05) is 6.07 Å². The molecule has 0 N–H and O–H groups in total. The van der Waals surface area contributed by atoms with E-state index in [0.29, 0.717) is 11.5 Å². The molecule has 16 heavy (non-hydrogen) atoms. The standard InChI is InChI=1S/C11H10ClNO3/c1-15-11(14)5-7-2-3-8-9(4-7)16-10(6-12)13-8/h2-4H,5-6H2,1H3. The molecule has 0 atom stereocenters. The van der Waals surface area contributed by atoms with Gasteiger partial charge in [0.05, 0.1) is 19.4 Å². The fourth-order valence-electron chi connectivity index (χ4n) is 1.42. The third-order valence-electron chi connectivity index (χ3n) is 2.19. The van der Waals surface area contributed by atoms with Crippen molar-refractivity contribution in [2.75, 3.05) is 7.11 Å². The van der Waals surface area contributed by atoms with Crippen LogP contribution in [0, 0.1) is 0 Å². The minimum absolute atomic E-state index is 0.226. The van der Waals surface area contributed by atoms with E-state index in [9.17, 15) is 4.79 Å². The molecule has 1 aromatic carbocycles. The largest absolute Gasteiger partial charge is 0.469 e. The molecule has 1 heterocycles. The van der Waals surface area contributed by atoms with E-state index in [1.165, 1.54) is 7.11 Å². The average molecular weight is 240 g/mol. The van der Waals surface area contributed by atoms with Gasteiger partial charge in [-0.2, -0.15) is 0 Å². The van der Waals surface area contributed by atoms with Crippen molar-refractivity contribution in [2.45, 2.75) is 12.3 Å². The average Bonchev–Trinajstić information content (AvgIpc) is 2.71. The molecule has 0 aliphatic carbocycles. The molecular formula is C11H10ClNO3. The number of oxazole rings is 1. The van der Waals surface area contributed by atoms with E-state index in [2.05, 4.69) is 9.72 Å². The van der Waals surface area contributed by atoms with Gasteiger partial charge >= 0.3 is 5.97 Å². The Bertz CT molecular complexity index is 521. The number of esters is 1. The number of fused-ring (bicyclic) bond motifs is 1. The molecule has 0 aliphatic heterocycles. The summed E-state index contributed by atoms with van der Waals surface area (Å²) in [7, 11) is 1.36. The third kappa shape index (κ3) is 2.17. The summed E-state index contributed by atoms with van der Waals surface area (Å²) in [6, 6.07) is 5.39. The van der Waals surface area contributed by atoms with Crippen molar-refractivity contribution in [1.82, 2.24) is 4.98 Å². The second-order valence-corrected chi connectivity index (χ2v) is 3.56. The number of ether oxygens (including phenoxy) is 1. The molecular weight excluding hydrogens is 230 g/mol. The Morgan fingerprint density at radius 3 is 3.06 bits per heavy atom. The van der Waals surface area contributed by atoms with Gasteiger partial charge in [-0.25, -0.2) is 4.98 Å². The molecule has 0 fully saturated rings. The number of methoxy groups -OCH3 is 1. The maximum Gasteiger partial charge on any atom is 0.309 e. The van der Waals surface area contributed by atoms with Gasteiger partial charge in [0, 0.05) is 0 Å². The minimum atomic E-state index is -0.281. The number of aromatic nitrogens is 1. The van der Waals surface area contributed by atoms with Crippen molar-refractivity contribution in [3.63, 3.8) is 0 Å². The van der Waals surface area contributed by atoms with E-state index < -0.39 is 0 Å². The lowest BCUT2D eigenvalue weighted by Crippen LogP contribution is -2.03. The monoisotopic (exact) mass is 239 g/mol. The highest BCUT2D eigenvalue weighted by molar-refractivity contribution is 6.16. The van der Waals surface area contributed by atoms with Crippen LogP contribution in [0.15, 0.2) is 22.6 Å². The summed E-state index contributed by atoms with van der Waals surface area (Å²) in [6.07, 6.45) is 0.226. The van der Waals surface area contributed by atoms with Gasteiger partial charge in [-0.05, 0) is 17.7 Å². The van der Waals surface area contributed by atoms with Gasteiger partial charge in [-0.1, -0.05) is 6.07 Å². The van der Waals surface area contributed by atoms with Crippen molar-refractivity contribution in [1.29, 1.82) is 0 Å². The molecule has 2 aromatic rings. The summed E-state index contributed by atoms with van der Waals surface area (Å²) in [4.78, 5) is 15.2. The first-order valence-corrected chi connectivity index (χ1v) is 5.27. The van der Waals surface area contributed by atoms with Crippen LogP contribution in [0.1, 0.15) is 11.5 Å². The molecule has 2 rings (SSSR count). The van der Waals surface area contributed by atoms with Crippen LogP contribution in [0.2, 0.25) is 0 Å². The van der Waals surface area contributed by atoms with Crippen LogP contribution < -0.4 is 0 Å². The lowest BCUT2D eigenvalue weighted by atomic mass is 10.1. The Morgan fingerprint density at radius 1 is 1.56 bits per heavy atom. The van der Waals surface area contributed by atoms with E-state index >= 15 is 0 Å². The minimum Gasteiger partial charge on any atom is -0.469 e. The smallest absolute Gasteiger partial charge is 0.309 e. The SMILES string of the molecule is COC(=O)Cc1ccc2nc(CCl)oc2c1. The maximum atomic E-state index is 11.1. The first kappa shape index (κ1) is 11.0. The van der Waals surface area contributed by atoms with Crippen molar-refractivity contribution < 1.29 is 13.9 Å². The van der Waals surface area contributed by atoms with Gasteiger partial charge in [0.2, 0.25) is 5.89 Å². The molecule has 0 unspecified atom stereocenters. The lowest BCUT2D eigenvalue weighted by molar-refractivity contribution is -0.139. The Kier molecular flexibility index (Phi) is 3.10. The molecule has 0 radical (unpaired) electrons. The van der Waals surface area contributed by atoms with Crippen molar-refractivity contribution in [2.24, 2.45) is 0 Å². The van der Waals surface area contributed by atoms with Crippen LogP contribution in [-0.4, -0.2) is 18.1 Å². The van der Waals surface area contributed by atoms with Gasteiger partial charge in [0.1, 0.15) is 5.52 Å². The molecule has 1 aromatic heterocycles. The zero-order valence-corrected chi connectivity index (χ0v) is 9.45. The van der Waals surface area contributed by atoms with Gasteiger partial charge in [0.15, 0.2) is 5.58 Å². The summed E-state index contributed by atoms with van der Waals surface area (Å²) in [6.45, 7) is 0. The quantitative estimate of drug-likeness (QED) is 0.609. The first-order valence-electron chi connectivity index (χ1n) is 4.74. The molecule has 5 heteroatoms. The summed E-state index contributed by atoms with van der Waals surface area (Å²) in [5.41, 5.74) is 2.21. The summed E-state index contributed by atoms with van der Waals surface area (Å²) in [5.74, 6) is 0.435. The predicted molar refractivity (Wildman–Crippen MR) is 59.3 cm³/mol. The van der Waals surface area contributed by atoms with Gasteiger partial charge in [-0.3, -0.25) is 4.79 Å². The van der Waals surface area contributed by atoms with Gasteiger partial charge < -0.3 is 9.15 Å². The molecule has 0 spiro atoms. The highest BCUT2D eigenvalue weighted by atomic mass is 35.5. The van der Waals surface area contributed by atoms with Crippen LogP contribution in [0.25, 0.3) is 11.1 Å². The van der Waals surface area contributed by atoms with E-state index in [1.54, 1.807) is 12.1 Å². The fourth-order valence-corrected chi connectivity index (χ4v) is 1.54. The number of benzene rings is 1. The molecule has 0 saturated carbocycles. The summed E-state index contributed by atoms with van der Waals surface area (Å²) >= 11 is 5.61. The number of carbonyl (C=O) groups is 1. The zero-order valence-electron chi connectivity index (χ0n) is 8.70. The number of hydrogen-bond donors (Lipinski definition) is 0. The molecule has 0 bridgehead atoms. The van der Waals surface area contributed by atoms with E-state index in [0.717, 1.165) is 11.1 Å². The lowest BCUT2D eigenvalue weighted by Gasteiger charge is -1.98. The second-order valence-electron chi connectivity index (χ2n) is 3.30. The molecule has 4 nitrogen and oxygen atoms in total. The van der Waals surface area contributed by atoms with Crippen molar-refractivity contribution in [3.8, 4) is 0 Å². The van der Waals surface area contributed by atoms with E-state index in [4.69, 9.17) is 16.0 Å². The highest BCUT2D eigenvalue weighted by Gasteiger charge is 2.08. The fraction of sp³-hybridized carbons (Fsp3) is 0.273. The molecule has 0 aliphatic rings. The Hall–Kier alpha value is -1.55. The predicted octanol–water partition coefficient (Wildman–Crippen LogP) is 2.28. The maximum absolute atomic E-state index is 11.1. The third-order valence-corrected chi connectivity index (χ3v) is 2.42. The molecule has 0 saturated heterocycles. The first-order chi connectivity index (χ1) is 7.72. The number of alkyl halides is 1. The van der Waals surface area contributed by atoms with Crippen molar-refractivity contribution in [3.05, 3.63) is 29.7 Å². The van der Waals surface area contributed by atoms with Gasteiger partial charge in [-0.15, -0.1) is 11.6 Å². The van der Waals surface area contributed by atoms with Crippen LogP contribution in [0.3, 0.4) is 0 Å². The Labute approximate surface area is 97.2 Å². The highest BCUT2D eigenvalue weighted by Crippen LogP contribution is 2.18. The van der Waals surface area contributed by atoms with E-state index in [-0.39, 0.29) is 18.3 Å². The van der Waals surface area contributed by atoms with Crippen molar-refractivity contribution >= 4 is 28.7 Å². The number of carbonyl (C=O) groups excluding carboxylic acids is 1. The Morgan fingerprint density at radius 2 is 2.38 bits per heavy atom. The van der Waals surface area contributed by atoms with Crippen LogP contribution in [0.4, 0.5) is 0 Å². The number of halogens is 1. The topological polar surface area (TPSA) is 52.3 Å². The van der Waals surface area contributed by atoms with Gasteiger partial charge in [0.25, 0.3) is 0 Å². The summed E-state index contributed by atoms with van der Waals surface area (Å²) < 4.78 is 9.96. The summed E-state index contributed by atoms with van der Waals surface area (Å²) in [5, 5.41) is 0. The molecule has 84 valence electrons. The number of hydrogen-bond acceptors (Lipinski definition) is 4.